The summed E-state index contributed by atoms with van der Waals surface area (Å²) in [6.45, 7) is 2.43. The maximum Gasteiger partial charge on any atom is 0.387 e. The van der Waals surface area contributed by atoms with E-state index in [1.165, 1.54) is 30.6 Å². The average molecular weight is 525 g/mol. The van der Waals surface area contributed by atoms with Gasteiger partial charge in [-0.05, 0) is 67.4 Å². The summed E-state index contributed by atoms with van der Waals surface area (Å²) in [6.07, 6.45) is 1.50. The number of halogens is 3. The molecule has 1 aliphatic rings. The Balaban J connectivity index is 1.27. The number of aromatic amines is 1. The molecule has 0 radical (unpaired) electrons. The van der Waals surface area contributed by atoms with Crippen molar-refractivity contribution in [3.63, 3.8) is 0 Å². The summed E-state index contributed by atoms with van der Waals surface area (Å²) in [6, 6.07) is 13.7. The van der Waals surface area contributed by atoms with Crippen LogP contribution in [-0.2, 0) is 0 Å². The maximum atomic E-state index is 13.4. The Morgan fingerprint density at radius 2 is 1.92 bits per heavy atom. The van der Waals surface area contributed by atoms with Crippen LogP contribution in [0.2, 0.25) is 0 Å². The molecule has 5 rings (SSSR count). The van der Waals surface area contributed by atoms with E-state index in [9.17, 15) is 18.0 Å². The minimum Gasteiger partial charge on any atom is -0.435 e. The predicted octanol–water partition coefficient (Wildman–Crippen LogP) is 5.35. The minimum absolute atomic E-state index is 0.0455. The number of piperazine rings is 1. The van der Waals surface area contributed by atoms with Crippen LogP contribution in [0.25, 0.3) is 22.3 Å². The summed E-state index contributed by atoms with van der Waals surface area (Å²) in [5, 5.41) is 3.80. The third-order valence-electron chi connectivity index (χ3n) is 6.67. The van der Waals surface area contributed by atoms with Crippen LogP contribution >= 0.6 is 0 Å². The van der Waals surface area contributed by atoms with Gasteiger partial charge in [-0.1, -0.05) is 12.1 Å². The van der Waals surface area contributed by atoms with Crippen LogP contribution in [0.3, 0.4) is 0 Å². The number of hydrogen-bond donors (Lipinski definition) is 2. The first kappa shape index (κ1) is 25.4. The van der Waals surface area contributed by atoms with Gasteiger partial charge >= 0.3 is 12.6 Å². The molecule has 2 N–H and O–H groups in total. The van der Waals surface area contributed by atoms with E-state index in [0.717, 1.165) is 22.5 Å². The number of rotatable bonds is 6. The highest BCUT2D eigenvalue weighted by atomic mass is 19.3. The highest BCUT2D eigenvalue weighted by Crippen LogP contribution is 2.30. The number of alkyl halides is 2. The number of ether oxygens (including phenoxy) is 1. The van der Waals surface area contributed by atoms with E-state index in [1.807, 2.05) is 13.0 Å². The van der Waals surface area contributed by atoms with Crippen molar-refractivity contribution in [1.29, 1.82) is 0 Å². The monoisotopic (exact) mass is 524 g/mol. The lowest BCUT2D eigenvalue weighted by atomic mass is 10.1. The Morgan fingerprint density at radius 3 is 2.66 bits per heavy atom. The number of H-pyrrole nitrogens is 1. The van der Waals surface area contributed by atoms with Crippen molar-refractivity contribution in [2.45, 2.75) is 32.5 Å². The van der Waals surface area contributed by atoms with Crippen LogP contribution in [0, 0.1) is 5.82 Å². The van der Waals surface area contributed by atoms with Gasteiger partial charge < -0.3 is 24.8 Å². The highest BCUT2D eigenvalue weighted by molar-refractivity contribution is 5.92. The third kappa shape index (κ3) is 5.36. The van der Waals surface area contributed by atoms with E-state index in [0.29, 0.717) is 30.8 Å². The van der Waals surface area contributed by atoms with Crippen LogP contribution in [0.5, 0.6) is 5.75 Å². The second kappa shape index (κ2) is 10.6. The van der Waals surface area contributed by atoms with Gasteiger partial charge in [0.05, 0.1) is 11.4 Å². The molecule has 1 aliphatic heterocycles. The number of aromatic nitrogens is 3. The largest absolute Gasteiger partial charge is 0.435 e. The second-order valence-corrected chi connectivity index (χ2v) is 9.26. The Morgan fingerprint density at radius 1 is 1.13 bits per heavy atom. The molecular weight excluding hydrogens is 497 g/mol. The molecule has 0 spiro atoms. The van der Waals surface area contributed by atoms with Crippen molar-refractivity contribution >= 4 is 22.9 Å². The molecule has 8 nitrogen and oxygen atoms in total. The number of carbonyl (C=O) groups is 1. The summed E-state index contributed by atoms with van der Waals surface area (Å²) in [5.41, 5.74) is 2.99. The predicted molar refractivity (Wildman–Crippen MR) is 138 cm³/mol. The molecule has 198 valence electrons. The first-order valence-electron chi connectivity index (χ1n) is 12.2. The van der Waals surface area contributed by atoms with Crippen LogP contribution in [-0.4, -0.2) is 58.2 Å². The average Bonchev–Trinajstić information content (AvgIpc) is 3.33. The van der Waals surface area contributed by atoms with Crippen molar-refractivity contribution in [2.24, 2.45) is 0 Å². The molecule has 2 aromatic carbocycles. The Hall–Kier alpha value is -4.28. The lowest BCUT2D eigenvalue weighted by Crippen LogP contribution is -2.57. The summed E-state index contributed by atoms with van der Waals surface area (Å²) in [5.74, 6) is 0.504. The fourth-order valence-corrected chi connectivity index (χ4v) is 4.73. The van der Waals surface area contributed by atoms with Crippen LogP contribution in [0.1, 0.15) is 25.5 Å². The van der Waals surface area contributed by atoms with Crippen molar-refractivity contribution in [3.8, 4) is 17.0 Å². The van der Waals surface area contributed by atoms with Gasteiger partial charge in [-0.3, -0.25) is 0 Å². The van der Waals surface area contributed by atoms with Gasteiger partial charge in [0, 0.05) is 31.4 Å². The number of nitrogens with one attached hydrogen (secondary N) is 2. The molecule has 4 aromatic rings. The first-order chi connectivity index (χ1) is 18.3. The van der Waals surface area contributed by atoms with Gasteiger partial charge in [0.25, 0.3) is 0 Å². The van der Waals surface area contributed by atoms with Gasteiger partial charge in [-0.2, -0.15) is 8.78 Å². The van der Waals surface area contributed by atoms with Gasteiger partial charge in [-0.15, -0.1) is 0 Å². The fraction of sp³-hybridized carbons (Fsp3) is 0.296. The van der Waals surface area contributed by atoms with E-state index in [2.05, 4.69) is 29.9 Å². The van der Waals surface area contributed by atoms with Gasteiger partial charge in [0.15, 0.2) is 0 Å². The summed E-state index contributed by atoms with van der Waals surface area (Å²) in [4.78, 5) is 29.1. The second-order valence-electron chi connectivity index (χ2n) is 9.26. The third-order valence-corrected chi connectivity index (χ3v) is 6.67. The SMILES string of the molecule is C[C@H](NC(=O)N1CCN(c2ncnc3[nH]c(-c4ccc(F)cc4)cc23)C[C@H]1C)c1cccc(OC(F)F)c1. The van der Waals surface area contributed by atoms with Crippen molar-refractivity contribution in [3.05, 3.63) is 72.3 Å². The molecule has 0 unspecified atom stereocenters. The van der Waals surface area contributed by atoms with Crippen LogP contribution in [0.4, 0.5) is 23.8 Å². The molecular formula is C27H27F3N6O2. The quantitative estimate of drug-likeness (QED) is 0.355. The fourth-order valence-electron chi connectivity index (χ4n) is 4.73. The molecule has 0 aliphatic carbocycles. The van der Waals surface area contributed by atoms with Crippen molar-refractivity contribution < 1.29 is 22.7 Å². The molecule has 0 bridgehead atoms. The topological polar surface area (TPSA) is 86.4 Å². The molecule has 2 aromatic heterocycles. The minimum atomic E-state index is -2.91. The smallest absolute Gasteiger partial charge is 0.387 e. The van der Waals surface area contributed by atoms with Gasteiger partial charge in [-0.25, -0.2) is 19.2 Å². The Labute approximate surface area is 217 Å². The van der Waals surface area contributed by atoms with Crippen LogP contribution < -0.4 is 15.0 Å². The number of urea groups is 1. The first-order valence-corrected chi connectivity index (χ1v) is 12.2. The normalized spacial score (nSPS) is 16.6. The van der Waals surface area contributed by atoms with Gasteiger partial charge in [0.1, 0.15) is 29.4 Å². The lowest BCUT2D eigenvalue weighted by molar-refractivity contribution is -0.0499. The molecule has 3 heterocycles. The maximum absolute atomic E-state index is 13.4. The number of benzene rings is 2. The number of hydrogen-bond acceptors (Lipinski definition) is 5. The van der Waals surface area contributed by atoms with Gasteiger partial charge in [0.2, 0.25) is 0 Å². The molecule has 0 saturated carbocycles. The van der Waals surface area contributed by atoms with Crippen LogP contribution in [0.15, 0.2) is 60.9 Å². The zero-order valence-electron chi connectivity index (χ0n) is 20.9. The zero-order valence-corrected chi connectivity index (χ0v) is 20.9. The molecule has 11 heteroatoms. The van der Waals surface area contributed by atoms with E-state index >= 15 is 0 Å². The van der Waals surface area contributed by atoms with Crippen molar-refractivity contribution in [2.75, 3.05) is 24.5 Å². The molecule has 1 saturated heterocycles. The van der Waals surface area contributed by atoms with E-state index in [1.54, 1.807) is 36.1 Å². The molecule has 38 heavy (non-hydrogen) atoms. The van der Waals surface area contributed by atoms with E-state index in [4.69, 9.17) is 0 Å². The summed E-state index contributed by atoms with van der Waals surface area (Å²) in [7, 11) is 0. The number of amides is 2. The Bertz CT molecular complexity index is 1430. The molecule has 2 amide bonds. The summed E-state index contributed by atoms with van der Waals surface area (Å²) < 4.78 is 42.9. The van der Waals surface area contributed by atoms with Crippen molar-refractivity contribution in [1.82, 2.24) is 25.2 Å². The zero-order chi connectivity index (χ0) is 26.8. The number of fused-ring (bicyclic) bond motifs is 1. The number of nitrogens with zero attached hydrogens (tertiary/aromatic N) is 4. The van der Waals surface area contributed by atoms with E-state index in [-0.39, 0.29) is 23.6 Å². The lowest BCUT2D eigenvalue weighted by Gasteiger charge is -2.40. The number of carbonyl (C=O) groups excluding carboxylic acids is 1. The van der Waals surface area contributed by atoms with E-state index < -0.39 is 12.7 Å². The number of anilines is 1. The summed E-state index contributed by atoms with van der Waals surface area (Å²) >= 11 is 0. The molecule has 2 atom stereocenters. The standard InChI is InChI=1S/C27H27F3N6O2/c1-16-14-35(25-22-13-23(34-24(22)31-15-32-25)18-6-8-20(28)9-7-18)10-11-36(16)27(37)33-17(2)19-4-3-5-21(12-19)38-26(29)30/h3-9,12-13,15-17,26H,10-11,14H2,1-2H3,(H,33,37)(H,31,32,34)/t16-,17+/m1/s1. The molecule has 1 fully saturated rings. The Kier molecular flexibility index (Phi) is 7.08. The highest BCUT2D eigenvalue weighted by Gasteiger charge is 2.30.